The molecule has 4 nitrogen and oxygen atoms in total. The highest BCUT2D eigenvalue weighted by Gasteiger charge is 2.15. The highest BCUT2D eigenvalue weighted by molar-refractivity contribution is 6.30. The van der Waals surface area contributed by atoms with Gasteiger partial charge in [0.2, 0.25) is 0 Å². The molecule has 1 fully saturated rings. The average molecular weight is 284 g/mol. The smallest absolute Gasteiger partial charge is 0.137 e. The summed E-state index contributed by atoms with van der Waals surface area (Å²) in [6.45, 7) is 6.76. The van der Waals surface area contributed by atoms with E-state index in [1.165, 1.54) is 0 Å². The molecule has 0 bridgehead atoms. The quantitative estimate of drug-likeness (QED) is 0.843. The maximum atomic E-state index is 6.17. The van der Waals surface area contributed by atoms with E-state index in [-0.39, 0.29) is 0 Å². The molecule has 2 rings (SSSR count). The van der Waals surface area contributed by atoms with Crippen molar-refractivity contribution in [3.05, 3.63) is 16.5 Å². The molecule has 0 aliphatic carbocycles. The van der Waals surface area contributed by atoms with Crippen molar-refractivity contribution in [1.82, 2.24) is 9.97 Å². The highest BCUT2D eigenvalue weighted by atomic mass is 35.5. The summed E-state index contributed by atoms with van der Waals surface area (Å²) in [4.78, 5) is 8.88. The molecule has 19 heavy (non-hydrogen) atoms. The van der Waals surface area contributed by atoms with Crippen LogP contribution < -0.4 is 5.32 Å². The number of ether oxygens (including phenoxy) is 1. The van der Waals surface area contributed by atoms with E-state index in [1.807, 2.05) is 6.92 Å². The molecule has 1 N–H and O–H groups in total. The number of rotatable bonds is 5. The minimum Gasteiger partial charge on any atom is -0.381 e. The molecule has 106 valence electrons. The Morgan fingerprint density at radius 2 is 2.05 bits per heavy atom. The van der Waals surface area contributed by atoms with Gasteiger partial charge in [0.15, 0.2) is 0 Å². The van der Waals surface area contributed by atoms with Gasteiger partial charge in [-0.05, 0) is 32.1 Å². The van der Waals surface area contributed by atoms with Gasteiger partial charge in [-0.25, -0.2) is 9.97 Å². The van der Waals surface area contributed by atoms with Crippen molar-refractivity contribution in [3.63, 3.8) is 0 Å². The lowest BCUT2D eigenvalue weighted by Gasteiger charge is -2.23. The van der Waals surface area contributed by atoms with Gasteiger partial charge in [0.05, 0.1) is 0 Å². The number of nitrogens with one attached hydrogen (secondary N) is 1. The van der Waals surface area contributed by atoms with Crippen LogP contribution >= 0.6 is 11.6 Å². The van der Waals surface area contributed by atoms with Gasteiger partial charge in [0.25, 0.3) is 0 Å². The fourth-order valence-corrected chi connectivity index (χ4v) is 2.42. The van der Waals surface area contributed by atoms with Crippen molar-refractivity contribution in [2.24, 2.45) is 5.92 Å². The van der Waals surface area contributed by atoms with Gasteiger partial charge in [-0.2, -0.15) is 0 Å². The second-order valence-corrected chi connectivity index (χ2v) is 5.45. The standard InChI is InChI=1S/C14H22ClN3O/c1-3-4-12-17-13(15)10(2)14(18-12)16-9-11-5-7-19-8-6-11/h11H,3-9H2,1-2H3,(H,16,17,18). The maximum Gasteiger partial charge on any atom is 0.137 e. The third kappa shape index (κ3) is 4.05. The zero-order valence-electron chi connectivity index (χ0n) is 11.7. The topological polar surface area (TPSA) is 47.0 Å². The number of anilines is 1. The highest BCUT2D eigenvalue weighted by Crippen LogP contribution is 2.22. The lowest BCUT2D eigenvalue weighted by Crippen LogP contribution is -2.23. The van der Waals surface area contributed by atoms with E-state index in [0.29, 0.717) is 11.1 Å². The molecule has 0 atom stereocenters. The van der Waals surface area contributed by atoms with Crippen LogP contribution in [0, 0.1) is 12.8 Å². The Labute approximate surface area is 119 Å². The molecule has 0 saturated carbocycles. The van der Waals surface area contributed by atoms with Gasteiger partial charge in [0.1, 0.15) is 16.8 Å². The number of halogens is 1. The van der Waals surface area contributed by atoms with Gasteiger partial charge in [-0.1, -0.05) is 18.5 Å². The van der Waals surface area contributed by atoms with E-state index in [0.717, 1.165) is 62.6 Å². The number of aromatic nitrogens is 2. The summed E-state index contributed by atoms with van der Waals surface area (Å²) in [5.74, 6) is 2.37. The molecule has 0 amide bonds. The van der Waals surface area contributed by atoms with Crippen LogP contribution in [0.1, 0.15) is 37.6 Å². The molecular formula is C14H22ClN3O. The average Bonchev–Trinajstić information content (AvgIpc) is 2.42. The first-order chi connectivity index (χ1) is 9.20. The van der Waals surface area contributed by atoms with Crippen molar-refractivity contribution in [2.45, 2.75) is 39.5 Å². The predicted molar refractivity (Wildman–Crippen MR) is 77.8 cm³/mol. The van der Waals surface area contributed by atoms with Gasteiger partial charge in [-0.3, -0.25) is 0 Å². The first-order valence-corrected chi connectivity index (χ1v) is 7.43. The van der Waals surface area contributed by atoms with E-state index in [9.17, 15) is 0 Å². The molecule has 1 aromatic heterocycles. The van der Waals surface area contributed by atoms with Crippen LogP contribution in [0.3, 0.4) is 0 Å². The van der Waals surface area contributed by atoms with Crippen molar-refractivity contribution in [3.8, 4) is 0 Å². The van der Waals surface area contributed by atoms with E-state index in [2.05, 4.69) is 22.2 Å². The van der Waals surface area contributed by atoms with Crippen LogP contribution in [0.5, 0.6) is 0 Å². The lowest BCUT2D eigenvalue weighted by molar-refractivity contribution is 0.0699. The summed E-state index contributed by atoms with van der Waals surface area (Å²) in [5, 5.41) is 3.99. The van der Waals surface area contributed by atoms with Crippen LogP contribution in [-0.4, -0.2) is 29.7 Å². The molecular weight excluding hydrogens is 262 g/mol. The third-order valence-corrected chi connectivity index (χ3v) is 3.87. The van der Waals surface area contributed by atoms with Gasteiger partial charge in [-0.15, -0.1) is 0 Å². The molecule has 1 saturated heterocycles. The molecule has 5 heteroatoms. The maximum absolute atomic E-state index is 6.17. The Kier molecular flexibility index (Phi) is 5.40. The third-order valence-electron chi connectivity index (χ3n) is 3.51. The molecule has 0 spiro atoms. The van der Waals surface area contributed by atoms with Crippen molar-refractivity contribution in [2.75, 3.05) is 25.1 Å². The zero-order chi connectivity index (χ0) is 13.7. The molecule has 0 unspecified atom stereocenters. The first kappa shape index (κ1) is 14.5. The van der Waals surface area contributed by atoms with Crippen LogP contribution in [0.2, 0.25) is 5.15 Å². The molecule has 1 aromatic rings. The summed E-state index contributed by atoms with van der Waals surface area (Å²) in [5.41, 5.74) is 0.938. The normalized spacial score (nSPS) is 16.6. The Morgan fingerprint density at radius 3 is 2.74 bits per heavy atom. The lowest BCUT2D eigenvalue weighted by atomic mass is 10.0. The van der Waals surface area contributed by atoms with E-state index >= 15 is 0 Å². The van der Waals surface area contributed by atoms with Crippen LogP contribution in [0.4, 0.5) is 5.82 Å². The van der Waals surface area contributed by atoms with E-state index in [1.54, 1.807) is 0 Å². The van der Waals surface area contributed by atoms with Crippen LogP contribution in [0.25, 0.3) is 0 Å². The fourth-order valence-electron chi connectivity index (χ4n) is 2.23. The second-order valence-electron chi connectivity index (χ2n) is 5.09. The number of nitrogens with zero attached hydrogens (tertiary/aromatic N) is 2. The van der Waals surface area contributed by atoms with Gasteiger partial charge >= 0.3 is 0 Å². The summed E-state index contributed by atoms with van der Waals surface area (Å²) >= 11 is 6.17. The Hall–Kier alpha value is -0.870. The van der Waals surface area contributed by atoms with Crippen LogP contribution in [-0.2, 0) is 11.2 Å². The van der Waals surface area contributed by atoms with E-state index < -0.39 is 0 Å². The van der Waals surface area contributed by atoms with E-state index in [4.69, 9.17) is 16.3 Å². The number of hydrogen-bond donors (Lipinski definition) is 1. The largest absolute Gasteiger partial charge is 0.381 e. The number of hydrogen-bond acceptors (Lipinski definition) is 4. The van der Waals surface area contributed by atoms with Crippen molar-refractivity contribution >= 4 is 17.4 Å². The fraction of sp³-hybridized carbons (Fsp3) is 0.714. The zero-order valence-corrected chi connectivity index (χ0v) is 12.5. The number of aryl methyl sites for hydroxylation is 1. The Balaban J connectivity index is 2.01. The minimum atomic E-state index is 0.563. The summed E-state index contributed by atoms with van der Waals surface area (Å²) in [7, 11) is 0. The molecule has 1 aliphatic heterocycles. The second kappa shape index (κ2) is 7.06. The first-order valence-electron chi connectivity index (χ1n) is 7.05. The molecule has 0 aromatic carbocycles. The summed E-state index contributed by atoms with van der Waals surface area (Å²) in [6.07, 6.45) is 4.13. The summed E-state index contributed by atoms with van der Waals surface area (Å²) < 4.78 is 5.37. The monoisotopic (exact) mass is 283 g/mol. The minimum absolute atomic E-state index is 0.563. The summed E-state index contributed by atoms with van der Waals surface area (Å²) in [6, 6.07) is 0. The SMILES string of the molecule is CCCc1nc(Cl)c(C)c(NCC2CCOCC2)n1. The Morgan fingerprint density at radius 1 is 1.32 bits per heavy atom. The molecule has 2 heterocycles. The van der Waals surface area contributed by atoms with Crippen molar-refractivity contribution < 1.29 is 4.74 Å². The molecule has 1 aliphatic rings. The Bertz CT molecular complexity index is 419. The van der Waals surface area contributed by atoms with Crippen LogP contribution in [0.15, 0.2) is 0 Å². The predicted octanol–water partition coefficient (Wildman–Crippen LogP) is 3.23. The van der Waals surface area contributed by atoms with Gasteiger partial charge < -0.3 is 10.1 Å². The molecule has 0 radical (unpaired) electrons. The van der Waals surface area contributed by atoms with Gasteiger partial charge in [0, 0.05) is 31.7 Å². The van der Waals surface area contributed by atoms with Crippen molar-refractivity contribution in [1.29, 1.82) is 0 Å².